The van der Waals surface area contributed by atoms with Crippen molar-refractivity contribution in [3.05, 3.63) is 99.0 Å². The van der Waals surface area contributed by atoms with Gasteiger partial charge in [0.25, 0.3) is 5.91 Å². The van der Waals surface area contributed by atoms with E-state index in [1.54, 1.807) is 19.9 Å². The summed E-state index contributed by atoms with van der Waals surface area (Å²) >= 11 is 11.9. The minimum absolute atomic E-state index is 0.266. The number of amides is 3. The number of likely N-dealkylation sites (tertiary alicyclic amines) is 1. The van der Waals surface area contributed by atoms with E-state index in [4.69, 9.17) is 27.9 Å². The highest BCUT2D eigenvalue weighted by Gasteiger charge is 2.63. The Morgan fingerprint density at radius 1 is 0.825 bits per heavy atom. The third-order valence-corrected chi connectivity index (χ3v) is 8.92. The summed E-state index contributed by atoms with van der Waals surface area (Å²) in [6.45, 7) is 2.91. The summed E-state index contributed by atoms with van der Waals surface area (Å²) in [6, 6.07) is 19.3. The number of imide groups is 1. The number of carbonyl (C=O) groups is 4. The van der Waals surface area contributed by atoms with Gasteiger partial charge in [-0.05, 0) is 46.4 Å². The molecule has 0 aromatic heterocycles. The number of hydrogen-bond acceptors (Lipinski definition) is 5. The number of anilines is 1. The molecule has 3 aromatic rings. The molecule has 204 valence electrons. The first kappa shape index (κ1) is 26.5. The smallest absolute Gasteiger partial charge is 0.330 e. The van der Waals surface area contributed by atoms with E-state index in [0.717, 1.165) is 27.2 Å². The minimum atomic E-state index is -1.16. The number of nitrogens with zero attached hydrogens (tertiary/aromatic N) is 1. The molecule has 1 N–H and O–H groups in total. The van der Waals surface area contributed by atoms with Gasteiger partial charge in [-0.15, -0.1) is 0 Å². The van der Waals surface area contributed by atoms with E-state index in [0.29, 0.717) is 10.7 Å². The van der Waals surface area contributed by atoms with Crippen molar-refractivity contribution in [2.24, 2.45) is 17.8 Å². The van der Waals surface area contributed by atoms with Crippen molar-refractivity contribution < 1.29 is 23.9 Å². The van der Waals surface area contributed by atoms with E-state index in [9.17, 15) is 19.2 Å². The molecule has 3 atom stereocenters. The van der Waals surface area contributed by atoms with E-state index in [2.05, 4.69) is 5.32 Å². The summed E-state index contributed by atoms with van der Waals surface area (Å²) in [5, 5.41) is 3.20. The molecule has 0 saturated carbocycles. The Kier molecular flexibility index (Phi) is 6.67. The fraction of sp³-hybridized carbons (Fsp3) is 0.290. The zero-order chi connectivity index (χ0) is 28.3. The van der Waals surface area contributed by atoms with Crippen molar-refractivity contribution >= 4 is 52.6 Å². The number of halogens is 2. The molecule has 3 aromatic carbocycles. The molecule has 7 nitrogen and oxygen atoms in total. The van der Waals surface area contributed by atoms with Crippen LogP contribution in [0.1, 0.15) is 47.9 Å². The van der Waals surface area contributed by atoms with E-state index >= 15 is 0 Å². The number of hydrogen-bond donors (Lipinski definition) is 1. The van der Waals surface area contributed by atoms with Crippen molar-refractivity contribution in [2.45, 2.75) is 31.7 Å². The van der Waals surface area contributed by atoms with Crippen LogP contribution in [0.2, 0.25) is 10.0 Å². The average molecular weight is 577 g/mol. The highest BCUT2D eigenvalue weighted by molar-refractivity contribution is 6.42. The molecule has 7 rings (SSSR count). The molecule has 3 amide bonds. The number of nitrogens with one attached hydrogen (secondary N) is 1. The number of rotatable bonds is 6. The lowest BCUT2D eigenvalue weighted by Crippen LogP contribution is -2.49. The minimum Gasteiger partial charge on any atom is -0.454 e. The van der Waals surface area contributed by atoms with Gasteiger partial charge in [-0.1, -0.05) is 85.6 Å². The van der Waals surface area contributed by atoms with Crippen LogP contribution in [0.5, 0.6) is 0 Å². The molecule has 40 heavy (non-hydrogen) atoms. The van der Waals surface area contributed by atoms with E-state index in [1.807, 2.05) is 48.5 Å². The fourth-order valence-corrected chi connectivity index (χ4v) is 6.94. The number of benzene rings is 3. The molecule has 1 heterocycles. The third-order valence-electron chi connectivity index (χ3n) is 8.18. The van der Waals surface area contributed by atoms with Crippen molar-refractivity contribution in [2.75, 3.05) is 11.9 Å². The summed E-state index contributed by atoms with van der Waals surface area (Å²) in [5.74, 6) is -4.32. The molecule has 2 bridgehead atoms. The maximum atomic E-state index is 14.0. The van der Waals surface area contributed by atoms with Gasteiger partial charge in [0.1, 0.15) is 6.04 Å². The van der Waals surface area contributed by atoms with Crippen LogP contribution in [0.4, 0.5) is 5.69 Å². The van der Waals surface area contributed by atoms with Crippen LogP contribution in [-0.4, -0.2) is 41.2 Å². The molecule has 3 aliphatic carbocycles. The highest BCUT2D eigenvalue weighted by atomic mass is 35.5. The number of ether oxygens (including phenoxy) is 1. The first-order chi connectivity index (χ1) is 19.2. The normalized spacial score (nSPS) is 23.0. The van der Waals surface area contributed by atoms with Gasteiger partial charge < -0.3 is 10.1 Å². The lowest BCUT2D eigenvalue weighted by molar-refractivity contribution is -0.162. The average Bonchev–Trinajstić information content (AvgIpc) is 3.20. The van der Waals surface area contributed by atoms with Crippen molar-refractivity contribution in [3.8, 4) is 0 Å². The maximum absolute atomic E-state index is 14.0. The zero-order valence-corrected chi connectivity index (χ0v) is 23.3. The lowest BCUT2D eigenvalue weighted by Gasteiger charge is -2.45. The predicted molar refractivity (Wildman–Crippen MR) is 150 cm³/mol. The second-order valence-electron chi connectivity index (χ2n) is 10.8. The third kappa shape index (κ3) is 4.11. The van der Waals surface area contributed by atoms with Crippen LogP contribution in [0.3, 0.4) is 0 Å². The highest BCUT2D eigenvalue weighted by Crippen LogP contribution is 2.61. The van der Waals surface area contributed by atoms with Crippen LogP contribution >= 0.6 is 23.2 Å². The molecule has 1 saturated heterocycles. The molecular formula is C31H26Cl2N2O5. The van der Waals surface area contributed by atoms with Crippen molar-refractivity contribution in [1.29, 1.82) is 0 Å². The maximum Gasteiger partial charge on any atom is 0.330 e. The predicted octanol–water partition coefficient (Wildman–Crippen LogP) is 5.39. The second-order valence-corrected chi connectivity index (χ2v) is 11.6. The summed E-state index contributed by atoms with van der Waals surface area (Å²) in [7, 11) is 0. The van der Waals surface area contributed by atoms with Crippen LogP contribution in [0.15, 0.2) is 66.7 Å². The standard InChI is InChI=1S/C31H26Cl2N2O5/c1-15(2)28(31(39)40-14-23(36)34-16-11-12-21(32)22(33)13-16)35-29(37)26-24-17-7-3-4-8-18(17)25(27(26)30(35)38)20-10-6-5-9-19(20)24/h3-13,15,24-28H,14H2,1-2H3,(H,34,36)/t24?,25?,26-,27-,28+/m0/s1. The van der Waals surface area contributed by atoms with Gasteiger partial charge in [-0.3, -0.25) is 19.3 Å². The van der Waals surface area contributed by atoms with Crippen molar-refractivity contribution in [3.63, 3.8) is 0 Å². The van der Waals surface area contributed by atoms with Gasteiger partial charge in [0, 0.05) is 17.5 Å². The first-order valence-electron chi connectivity index (χ1n) is 13.1. The monoisotopic (exact) mass is 576 g/mol. The van der Waals surface area contributed by atoms with Gasteiger partial charge in [-0.25, -0.2) is 4.79 Å². The summed E-state index contributed by atoms with van der Waals surface area (Å²) < 4.78 is 5.35. The molecule has 0 unspecified atom stereocenters. The lowest BCUT2D eigenvalue weighted by atomic mass is 9.55. The Morgan fingerprint density at radius 2 is 1.32 bits per heavy atom. The van der Waals surface area contributed by atoms with Gasteiger partial charge in [-0.2, -0.15) is 0 Å². The summed E-state index contributed by atoms with van der Waals surface area (Å²) in [6.07, 6.45) is 0. The molecule has 1 fully saturated rings. The second kappa shape index (κ2) is 10.1. The van der Waals surface area contributed by atoms with Crippen LogP contribution < -0.4 is 5.32 Å². The number of carbonyl (C=O) groups excluding carboxylic acids is 4. The summed E-state index contributed by atoms with van der Waals surface area (Å²) in [5.41, 5.74) is 4.60. The topological polar surface area (TPSA) is 92.8 Å². The van der Waals surface area contributed by atoms with E-state index < -0.39 is 42.3 Å². The SMILES string of the molecule is CC(C)[C@H](C(=O)OCC(=O)Nc1ccc(Cl)c(Cl)c1)N1C(=O)[C@H]2C3c4ccccc4C(c4ccccc43)[C@@H]2C1=O. The Bertz CT molecular complexity index is 1460. The van der Waals surface area contributed by atoms with Gasteiger partial charge in [0.2, 0.25) is 11.8 Å². The molecule has 0 spiro atoms. The van der Waals surface area contributed by atoms with Crippen LogP contribution in [-0.2, 0) is 23.9 Å². The Balaban J connectivity index is 1.25. The molecule has 1 aliphatic heterocycles. The van der Waals surface area contributed by atoms with Crippen molar-refractivity contribution in [1.82, 2.24) is 4.90 Å². The van der Waals surface area contributed by atoms with E-state index in [-0.39, 0.29) is 28.7 Å². The van der Waals surface area contributed by atoms with E-state index in [1.165, 1.54) is 12.1 Å². The first-order valence-corrected chi connectivity index (χ1v) is 13.9. The number of esters is 1. The van der Waals surface area contributed by atoms with Crippen LogP contribution in [0, 0.1) is 17.8 Å². The molecular weight excluding hydrogens is 551 g/mol. The largest absolute Gasteiger partial charge is 0.454 e. The zero-order valence-electron chi connectivity index (χ0n) is 21.8. The Morgan fingerprint density at radius 3 is 1.77 bits per heavy atom. The Labute approximate surface area is 241 Å². The van der Waals surface area contributed by atoms with Crippen LogP contribution in [0.25, 0.3) is 0 Å². The summed E-state index contributed by atoms with van der Waals surface area (Å²) in [4.78, 5) is 55.0. The fourth-order valence-electron chi connectivity index (χ4n) is 6.64. The van der Waals surface area contributed by atoms with Gasteiger partial charge >= 0.3 is 5.97 Å². The quantitative estimate of drug-likeness (QED) is 0.313. The molecule has 0 radical (unpaired) electrons. The molecule has 9 heteroatoms. The van der Waals surface area contributed by atoms with Gasteiger partial charge in [0.15, 0.2) is 6.61 Å². The van der Waals surface area contributed by atoms with Gasteiger partial charge in [0.05, 0.1) is 21.9 Å². The molecule has 4 aliphatic rings. The Hall–Kier alpha value is -3.68.